The summed E-state index contributed by atoms with van der Waals surface area (Å²) in [7, 11) is -2.06. The number of aliphatic imine (C=N–C) groups is 1. The number of nitrogens with one attached hydrogen (secondary N) is 3. The summed E-state index contributed by atoms with van der Waals surface area (Å²) < 4.78 is 38.7. The molecule has 0 atom stereocenters. The molecule has 6 nitrogen and oxygen atoms in total. The molecule has 0 radical (unpaired) electrons. The lowest BCUT2D eigenvalue weighted by Gasteiger charge is -2.11. The molecule has 0 heterocycles. The number of hydrogen-bond acceptors (Lipinski definition) is 3. The van der Waals surface area contributed by atoms with Crippen molar-refractivity contribution in [3.63, 3.8) is 0 Å². The Kier molecular flexibility index (Phi) is 9.67. The smallest absolute Gasteiger partial charge is 0.240 e. The van der Waals surface area contributed by atoms with Crippen LogP contribution in [0.1, 0.15) is 18.1 Å². The van der Waals surface area contributed by atoms with Gasteiger partial charge in [0.05, 0.1) is 11.4 Å². The number of benzene rings is 2. The monoisotopic (exact) mass is 506 g/mol. The highest BCUT2D eigenvalue weighted by molar-refractivity contribution is 14.0. The van der Waals surface area contributed by atoms with E-state index < -0.39 is 10.0 Å². The fraction of sp³-hybridized carbons (Fsp3) is 0.278. The second-order valence-corrected chi connectivity index (χ2v) is 7.41. The van der Waals surface area contributed by atoms with Crippen LogP contribution in [-0.2, 0) is 23.1 Å². The SMILES string of the molecule is CCNC(=NCc1ccc(S(=O)(=O)NC)cc1)NCc1ccc(F)cc1.I. The van der Waals surface area contributed by atoms with E-state index in [1.807, 2.05) is 6.92 Å². The zero-order chi connectivity index (χ0) is 19.0. The number of nitrogens with zero attached hydrogens (tertiary/aromatic N) is 1. The second kappa shape index (κ2) is 11.2. The van der Waals surface area contributed by atoms with Crippen molar-refractivity contribution >= 4 is 40.0 Å². The highest BCUT2D eigenvalue weighted by Crippen LogP contribution is 2.11. The van der Waals surface area contributed by atoms with E-state index in [0.29, 0.717) is 25.6 Å². The van der Waals surface area contributed by atoms with Crippen LogP contribution < -0.4 is 15.4 Å². The molecule has 0 aliphatic rings. The Bertz CT molecular complexity index is 841. The Morgan fingerprint density at radius 2 is 1.59 bits per heavy atom. The molecule has 0 saturated heterocycles. The van der Waals surface area contributed by atoms with Gasteiger partial charge in [-0.2, -0.15) is 0 Å². The molecule has 0 aliphatic heterocycles. The van der Waals surface area contributed by atoms with Gasteiger partial charge in [0, 0.05) is 13.1 Å². The molecular formula is C18H24FIN4O2S. The van der Waals surface area contributed by atoms with Gasteiger partial charge in [-0.25, -0.2) is 22.5 Å². The maximum atomic E-state index is 12.9. The van der Waals surface area contributed by atoms with Crippen molar-refractivity contribution in [2.75, 3.05) is 13.6 Å². The van der Waals surface area contributed by atoms with Gasteiger partial charge in [0.2, 0.25) is 10.0 Å². The normalized spacial score (nSPS) is 11.6. The molecule has 0 aromatic heterocycles. The Hall–Kier alpha value is -1.72. The van der Waals surface area contributed by atoms with Crippen molar-refractivity contribution in [3.05, 3.63) is 65.5 Å². The van der Waals surface area contributed by atoms with E-state index in [4.69, 9.17) is 0 Å². The predicted octanol–water partition coefficient (Wildman–Crippen LogP) is 2.61. The topological polar surface area (TPSA) is 82.6 Å². The standard InChI is InChI=1S/C18H23FN4O2S.HI/c1-3-21-18(22-12-14-4-8-16(19)9-5-14)23-13-15-6-10-17(11-7-15)26(24,25)20-2;/h4-11,20H,3,12-13H2,1-2H3,(H2,21,22,23);1H. The van der Waals surface area contributed by atoms with Gasteiger partial charge in [-0.05, 0) is 49.4 Å². The Balaban J connectivity index is 0.00000364. The van der Waals surface area contributed by atoms with Crippen LogP contribution in [0.2, 0.25) is 0 Å². The van der Waals surface area contributed by atoms with Crippen LogP contribution in [0.4, 0.5) is 4.39 Å². The molecule has 2 rings (SSSR count). The van der Waals surface area contributed by atoms with Crippen molar-refractivity contribution in [2.24, 2.45) is 4.99 Å². The third kappa shape index (κ3) is 7.43. The van der Waals surface area contributed by atoms with Crippen molar-refractivity contribution in [1.82, 2.24) is 15.4 Å². The molecule has 0 spiro atoms. The lowest BCUT2D eigenvalue weighted by atomic mass is 10.2. The van der Waals surface area contributed by atoms with Crippen molar-refractivity contribution < 1.29 is 12.8 Å². The summed E-state index contributed by atoms with van der Waals surface area (Å²) in [6.07, 6.45) is 0. The zero-order valence-electron chi connectivity index (χ0n) is 15.2. The van der Waals surface area contributed by atoms with Crippen LogP contribution in [0.25, 0.3) is 0 Å². The first kappa shape index (κ1) is 23.3. The van der Waals surface area contributed by atoms with Gasteiger partial charge >= 0.3 is 0 Å². The molecule has 0 fully saturated rings. The zero-order valence-corrected chi connectivity index (χ0v) is 18.3. The molecule has 0 aliphatic carbocycles. The van der Waals surface area contributed by atoms with Gasteiger partial charge in [-0.3, -0.25) is 0 Å². The highest BCUT2D eigenvalue weighted by Gasteiger charge is 2.10. The molecule has 0 unspecified atom stereocenters. The molecule has 0 saturated carbocycles. The maximum absolute atomic E-state index is 12.9. The average Bonchev–Trinajstić information content (AvgIpc) is 2.65. The number of guanidine groups is 1. The number of rotatable bonds is 7. The minimum atomic E-state index is -3.43. The first-order chi connectivity index (χ1) is 12.4. The molecule has 0 bridgehead atoms. The van der Waals surface area contributed by atoms with E-state index >= 15 is 0 Å². The Morgan fingerprint density at radius 1 is 1.00 bits per heavy atom. The Labute approximate surface area is 176 Å². The van der Waals surface area contributed by atoms with Gasteiger partial charge in [-0.15, -0.1) is 24.0 Å². The van der Waals surface area contributed by atoms with Gasteiger partial charge in [0.15, 0.2) is 5.96 Å². The minimum absolute atomic E-state index is 0. The van der Waals surface area contributed by atoms with E-state index in [9.17, 15) is 12.8 Å². The summed E-state index contributed by atoms with van der Waals surface area (Å²) in [4.78, 5) is 4.70. The number of hydrogen-bond donors (Lipinski definition) is 3. The van der Waals surface area contributed by atoms with E-state index in [1.165, 1.54) is 19.2 Å². The van der Waals surface area contributed by atoms with Crippen molar-refractivity contribution in [1.29, 1.82) is 0 Å². The van der Waals surface area contributed by atoms with E-state index in [2.05, 4.69) is 20.3 Å². The van der Waals surface area contributed by atoms with Crippen LogP contribution in [0.15, 0.2) is 58.4 Å². The van der Waals surface area contributed by atoms with Crippen molar-refractivity contribution in [3.8, 4) is 0 Å². The fourth-order valence-electron chi connectivity index (χ4n) is 2.19. The molecular weight excluding hydrogens is 482 g/mol. The third-order valence-electron chi connectivity index (χ3n) is 3.64. The van der Waals surface area contributed by atoms with Gasteiger partial charge < -0.3 is 10.6 Å². The summed E-state index contributed by atoms with van der Waals surface area (Å²) >= 11 is 0. The van der Waals surface area contributed by atoms with Crippen molar-refractivity contribution in [2.45, 2.75) is 24.9 Å². The van der Waals surface area contributed by atoms with Gasteiger partial charge in [0.25, 0.3) is 0 Å². The van der Waals surface area contributed by atoms with Gasteiger partial charge in [0.1, 0.15) is 5.82 Å². The van der Waals surface area contributed by atoms with Crippen LogP contribution in [0.3, 0.4) is 0 Å². The first-order valence-electron chi connectivity index (χ1n) is 8.23. The third-order valence-corrected chi connectivity index (χ3v) is 5.07. The largest absolute Gasteiger partial charge is 0.357 e. The molecule has 0 amide bonds. The van der Waals surface area contributed by atoms with Crippen LogP contribution in [-0.4, -0.2) is 28.0 Å². The number of halogens is 2. The molecule has 27 heavy (non-hydrogen) atoms. The summed E-state index contributed by atoms with van der Waals surface area (Å²) in [5.41, 5.74) is 1.83. The molecule has 2 aromatic rings. The summed E-state index contributed by atoms with van der Waals surface area (Å²) in [5.74, 6) is 0.363. The average molecular weight is 506 g/mol. The summed E-state index contributed by atoms with van der Waals surface area (Å²) in [6.45, 7) is 3.59. The fourth-order valence-corrected chi connectivity index (χ4v) is 2.92. The highest BCUT2D eigenvalue weighted by atomic mass is 127. The molecule has 9 heteroatoms. The quantitative estimate of drug-likeness (QED) is 0.307. The number of sulfonamides is 1. The van der Waals surface area contributed by atoms with Crippen LogP contribution in [0, 0.1) is 5.82 Å². The van der Waals surface area contributed by atoms with Crippen LogP contribution in [0.5, 0.6) is 0 Å². The first-order valence-corrected chi connectivity index (χ1v) is 9.72. The van der Waals surface area contributed by atoms with E-state index in [-0.39, 0.29) is 34.7 Å². The van der Waals surface area contributed by atoms with E-state index in [0.717, 1.165) is 11.1 Å². The second-order valence-electron chi connectivity index (χ2n) is 5.53. The van der Waals surface area contributed by atoms with Crippen LogP contribution >= 0.6 is 24.0 Å². The summed E-state index contributed by atoms with van der Waals surface area (Å²) in [5, 5.41) is 6.32. The predicted molar refractivity (Wildman–Crippen MR) is 116 cm³/mol. The molecule has 148 valence electrons. The minimum Gasteiger partial charge on any atom is -0.357 e. The lowest BCUT2D eigenvalue weighted by Crippen LogP contribution is -2.36. The summed E-state index contributed by atoms with van der Waals surface area (Å²) in [6, 6.07) is 12.8. The molecule has 3 N–H and O–H groups in total. The van der Waals surface area contributed by atoms with E-state index in [1.54, 1.807) is 36.4 Å². The Morgan fingerprint density at radius 3 is 2.15 bits per heavy atom. The lowest BCUT2D eigenvalue weighted by molar-refractivity contribution is 0.588. The van der Waals surface area contributed by atoms with Gasteiger partial charge in [-0.1, -0.05) is 24.3 Å². The molecule has 2 aromatic carbocycles. The maximum Gasteiger partial charge on any atom is 0.240 e.